The van der Waals surface area contributed by atoms with Crippen molar-refractivity contribution in [1.82, 2.24) is 10.2 Å². The number of carbonyl (C=O) groups excluding carboxylic acids is 2. The topological polar surface area (TPSA) is 96.0 Å². The van der Waals surface area contributed by atoms with E-state index in [4.69, 9.17) is 4.74 Å². The molecule has 0 saturated carbocycles. The van der Waals surface area contributed by atoms with Crippen LogP contribution in [0.1, 0.15) is 43.4 Å². The molecule has 0 heterocycles. The van der Waals surface area contributed by atoms with E-state index in [2.05, 4.69) is 5.32 Å². The Morgan fingerprint density at radius 3 is 2.13 bits per heavy atom. The van der Waals surface area contributed by atoms with Gasteiger partial charge in [-0.3, -0.25) is 13.9 Å². The zero-order valence-electron chi connectivity index (χ0n) is 27.1. The molecule has 1 atom stereocenters. The van der Waals surface area contributed by atoms with Gasteiger partial charge in [0.15, 0.2) is 0 Å². The van der Waals surface area contributed by atoms with Crippen LogP contribution >= 0.6 is 0 Å². The van der Waals surface area contributed by atoms with Crippen LogP contribution in [0.3, 0.4) is 0 Å². The number of halogens is 1. The van der Waals surface area contributed by atoms with E-state index in [1.54, 1.807) is 24.3 Å². The summed E-state index contributed by atoms with van der Waals surface area (Å²) in [6.07, 6.45) is 1.88. The molecule has 0 spiro atoms. The molecule has 47 heavy (non-hydrogen) atoms. The molecule has 4 aromatic carbocycles. The number of hydrogen-bond acceptors (Lipinski definition) is 5. The highest BCUT2D eigenvalue weighted by Gasteiger charge is 2.34. The van der Waals surface area contributed by atoms with Gasteiger partial charge in [0.05, 0.1) is 17.2 Å². The number of amides is 2. The van der Waals surface area contributed by atoms with E-state index in [-0.39, 0.29) is 29.5 Å². The number of aryl methyl sites for hydroxylation is 1. The summed E-state index contributed by atoms with van der Waals surface area (Å²) in [6, 6.07) is 26.9. The van der Waals surface area contributed by atoms with Gasteiger partial charge in [-0.05, 0) is 79.9 Å². The molecule has 0 aliphatic carbocycles. The van der Waals surface area contributed by atoms with Crippen molar-refractivity contribution in [1.29, 1.82) is 0 Å². The van der Waals surface area contributed by atoms with Crippen LogP contribution in [0.4, 0.5) is 10.1 Å². The number of sulfonamides is 1. The van der Waals surface area contributed by atoms with Crippen LogP contribution in [0.15, 0.2) is 108 Å². The maximum Gasteiger partial charge on any atom is 0.264 e. The number of rotatable bonds is 16. The largest absolute Gasteiger partial charge is 0.494 e. The smallest absolute Gasteiger partial charge is 0.264 e. The van der Waals surface area contributed by atoms with Crippen molar-refractivity contribution in [2.75, 3.05) is 24.0 Å². The lowest BCUT2D eigenvalue weighted by molar-refractivity contribution is -0.140. The summed E-state index contributed by atoms with van der Waals surface area (Å²) in [5, 5.41) is 2.98. The Labute approximate surface area is 277 Å². The van der Waals surface area contributed by atoms with Crippen molar-refractivity contribution >= 4 is 27.5 Å². The van der Waals surface area contributed by atoms with Gasteiger partial charge in [0.1, 0.15) is 24.2 Å². The van der Waals surface area contributed by atoms with Crippen LogP contribution in [0.5, 0.6) is 5.75 Å². The zero-order valence-corrected chi connectivity index (χ0v) is 27.9. The molecule has 8 nitrogen and oxygen atoms in total. The van der Waals surface area contributed by atoms with E-state index in [0.29, 0.717) is 18.9 Å². The first-order chi connectivity index (χ1) is 22.6. The molecule has 0 saturated heterocycles. The average molecular weight is 660 g/mol. The highest BCUT2D eigenvalue weighted by molar-refractivity contribution is 7.92. The molecular formula is C37H42FN3O5S. The molecule has 248 valence electrons. The number of anilines is 1. The Morgan fingerprint density at radius 2 is 1.51 bits per heavy atom. The van der Waals surface area contributed by atoms with Gasteiger partial charge < -0.3 is 15.0 Å². The molecule has 0 fully saturated rings. The molecule has 0 aliphatic heterocycles. The molecule has 0 unspecified atom stereocenters. The number of nitrogens with zero attached hydrogens (tertiary/aromatic N) is 2. The highest BCUT2D eigenvalue weighted by atomic mass is 32.2. The minimum Gasteiger partial charge on any atom is -0.494 e. The van der Waals surface area contributed by atoms with Gasteiger partial charge in [-0.15, -0.1) is 0 Å². The van der Waals surface area contributed by atoms with Crippen LogP contribution < -0.4 is 14.4 Å². The molecule has 4 rings (SSSR count). The summed E-state index contributed by atoms with van der Waals surface area (Å²) < 4.78 is 48.5. The molecule has 0 aromatic heterocycles. The Hall–Kier alpha value is -4.70. The molecular weight excluding hydrogens is 617 g/mol. The molecule has 10 heteroatoms. The fourth-order valence-corrected chi connectivity index (χ4v) is 6.50. The quantitative estimate of drug-likeness (QED) is 0.143. The van der Waals surface area contributed by atoms with E-state index < -0.39 is 34.3 Å². The summed E-state index contributed by atoms with van der Waals surface area (Å²) in [5.41, 5.74) is 2.90. The minimum absolute atomic E-state index is 0.0749. The minimum atomic E-state index is -4.35. The van der Waals surface area contributed by atoms with Crippen molar-refractivity contribution in [2.45, 2.75) is 57.5 Å². The lowest BCUT2D eigenvalue weighted by Gasteiger charge is -2.34. The molecule has 4 aromatic rings. The fraction of sp³-hybridized carbons (Fsp3) is 0.297. The maximum atomic E-state index is 14.5. The monoisotopic (exact) mass is 659 g/mol. The summed E-state index contributed by atoms with van der Waals surface area (Å²) >= 11 is 0. The summed E-state index contributed by atoms with van der Waals surface area (Å²) in [7, 11) is -4.35. The second-order valence-corrected chi connectivity index (χ2v) is 13.1. The number of ether oxygens (including phenoxy) is 1. The maximum absolute atomic E-state index is 14.5. The SMILES string of the molecule is CCCCNC(=O)[C@H](Cc1ccccc1)N(Cc1ccc(C)cc1)C(=O)CN(c1ccc(OCC)cc1)S(=O)(=O)c1ccc(F)cc1. The Kier molecular flexibility index (Phi) is 12.5. The molecule has 0 radical (unpaired) electrons. The van der Waals surface area contributed by atoms with Gasteiger partial charge >= 0.3 is 0 Å². The fourth-order valence-electron chi connectivity index (χ4n) is 5.09. The van der Waals surface area contributed by atoms with E-state index >= 15 is 0 Å². The predicted molar refractivity (Wildman–Crippen MR) is 182 cm³/mol. The Morgan fingerprint density at radius 1 is 0.851 bits per heavy atom. The molecule has 1 N–H and O–H groups in total. The van der Waals surface area contributed by atoms with Crippen LogP contribution in [-0.2, 0) is 32.6 Å². The van der Waals surface area contributed by atoms with Gasteiger partial charge in [0, 0.05) is 19.5 Å². The first kappa shape index (κ1) is 35.2. The number of unbranched alkanes of at least 4 members (excludes halogenated alkanes) is 1. The molecule has 2 amide bonds. The number of nitrogens with one attached hydrogen (secondary N) is 1. The van der Waals surface area contributed by atoms with Gasteiger partial charge in [-0.1, -0.05) is 73.5 Å². The van der Waals surface area contributed by atoms with Crippen LogP contribution in [0, 0.1) is 12.7 Å². The number of carbonyl (C=O) groups is 2. The second-order valence-electron chi connectivity index (χ2n) is 11.2. The van der Waals surface area contributed by atoms with Crippen LogP contribution in [-0.4, -0.2) is 50.9 Å². The molecule has 0 aliphatic rings. The third-order valence-corrected chi connectivity index (χ3v) is 9.48. The third-order valence-electron chi connectivity index (χ3n) is 7.69. The standard InChI is InChI=1S/C37H42FN3O5S/c1-4-6-24-39-37(43)35(25-29-10-8-7-9-11-29)40(26-30-14-12-28(3)13-15-30)36(42)27-41(32-18-20-33(21-19-32)46-5-2)47(44,45)34-22-16-31(38)17-23-34/h7-23,35H,4-6,24-27H2,1-3H3,(H,39,43)/t35-/m0/s1. The Bertz CT molecular complexity index is 1700. The summed E-state index contributed by atoms with van der Waals surface area (Å²) in [5.74, 6) is -0.947. The van der Waals surface area contributed by atoms with Gasteiger partial charge in [0.2, 0.25) is 11.8 Å². The average Bonchev–Trinajstić information content (AvgIpc) is 3.07. The van der Waals surface area contributed by atoms with Crippen molar-refractivity contribution in [2.24, 2.45) is 0 Å². The van der Waals surface area contributed by atoms with E-state index in [9.17, 15) is 22.4 Å². The second kappa shape index (κ2) is 16.7. The summed E-state index contributed by atoms with van der Waals surface area (Å²) in [4.78, 5) is 29.6. The van der Waals surface area contributed by atoms with Crippen molar-refractivity contribution in [3.05, 3.63) is 126 Å². The zero-order chi connectivity index (χ0) is 33.8. The Balaban J connectivity index is 1.78. The lowest BCUT2D eigenvalue weighted by Crippen LogP contribution is -2.53. The number of hydrogen-bond donors (Lipinski definition) is 1. The number of benzene rings is 4. The first-order valence-electron chi connectivity index (χ1n) is 15.8. The van der Waals surface area contributed by atoms with Gasteiger partial charge in [-0.2, -0.15) is 0 Å². The third kappa shape index (κ3) is 9.65. The van der Waals surface area contributed by atoms with Crippen LogP contribution in [0.25, 0.3) is 0 Å². The van der Waals surface area contributed by atoms with Crippen LogP contribution in [0.2, 0.25) is 0 Å². The van der Waals surface area contributed by atoms with Crippen molar-refractivity contribution < 1.29 is 27.1 Å². The van der Waals surface area contributed by atoms with Gasteiger partial charge in [-0.25, -0.2) is 12.8 Å². The summed E-state index contributed by atoms with van der Waals surface area (Å²) in [6.45, 7) is 6.17. The predicted octanol–water partition coefficient (Wildman–Crippen LogP) is 6.28. The van der Waals surface area contributed by atoms with Crippen molar-refractivity contribution in [3.63, 3.8) is 0 Å². The van der Waals surface area contributed by atoms with E-state index in [1.165, 1.54) is 17.0 Å². The normalized spacial score (nSPS) is 11.8. The van der Waals surface area contributed by atoms with E-state index in [1.807, 2.05) is 75.4 Å². The first-order valence-corrected chi connectivity index (χ1v) is 17.2. The van der Waals surface area contributed by atoms with Crippen molar-refractivity contribution in [3.8, 4) is 5.75 Å². The lowest BCUT2D eigenvalue weighted by atomic mass is 10.0. The molecule has 0 bridgehead atoms. The van der Waals surface area contributed by atoms with Gasteiger partial charge in [0.25, 0.3) is 10.0 Å². The van der Waals surface area contributed by atoms with E-state index in [0.717, 1.165) is 46.0 Å². The highest BCUT2D eigenvalue weighted by Crippen LogP contribution is 2.27.